The van der Waals surface area contributed by atoms with Crippen LogP contribution in [0.25, 0.3) is 0 Å². The van der Waals surface area contributed by atoms with Gasteiger partial charge in [0, 0.05) is 18.6 Å². The molecule has 0 aliphatic carbocycles. The van der Waals surface area contributed by atoms with Crippen molar-refractivity contribution in [1.82, 2.24) is 10.2 Å². The molecule has 114 valence electrons. The quantitative estimate of drug-likeness (QED) is 0.771. The third-order valence-corrected chi connectivity index (χ3v) is 4.25. The zero-order valence-electron chi connectivity index (χ0n) is 14.1. The lowest BCUT2D eigenvalue weighted by Crippen LogP contribution is -2.40. The molecule has 0 saturated carbocycles. The van der Waals surface area contributed by atoms with Gasteiger partial charge in [-0.2, -0.15) is 0 Å². The van der Waals surface area contributed by atoms with Crippen LogP contribution in [0.2, 0.25) is 0 Å². The largest absolute Gasteiger partial charge is 0.309 e. The molecule has 1 N–H and O–H groups in total. The topological polar surface area (TPSA) is 15.3 Å². The van der Waals surface area contributed by atoms with Crippen LogP contribution in [-0.2, 0) is 0 Å². The van der Waals surface area contributed by atoms with Crippen molar-refractivity contribution in [2.75, 3.05) is 20.1 Å². The maximum Gasteiger partial charge on any atom is 0.0449 e. The minimum atomic E-state index is 0.418. The summed E-state index contributed by atoms with van der Waals surface area (Å²) in [7, 11) is 2.24. The van der Waals surface area contributed by atoms with Gasteiger partial charge in [0.15, 0.2) is 0 Å². The highest BCUT2D eigenvalue weighted by molar-refractivity contribution is 5.24. The molecular weight excluding hydrogens is 244 g/mol. The van der Waals surface area contributed by atoms with E-state index in [4.69, 9.17) is 0 Å². The van der Waals surface area contributed by atoms with Crippen LogP contribution < -0.4 is 5.32 Å². The van der Waals surface area contributed by atoms with Gasteiger partial charge in [-0.1, -0.05) is 50.6 Å². The van der Waals surface area contributed by atoms with Crippen molar-refractivity contribution < 1.29 is 0 Å². The summed E-state index contributed by atoms with van der Waals surface area (Å²) >= 11 is 0. The molecule has 1 aromatic rings. The van der Waals surface area contributed by atoms with E-state index in [-0.39, 0.29) is 0 Å². The van der Waals surface area contributed by atoms with Gasteiger partial charge in [-0.3, -0.25) is 0 Å². The smallest absolute Gasteiger partial charge is 0.0449 e. The Kier molecular flexibility index (Phi) is 7.25. The molecule has 0 saturated heterocycles. The van der Waals surface area contributed by atoms with E-state index in [0.29, 0.717) is 18.0 Å². The molecule has 20 heavy (non-hydrogen) atoms. The van der Waals surface area contributed by atoms with Crippen LogP contribution in [0.15, 0.2) is 24.3 Å². The van der Waals surface area contributed by atoms with Crippen molar-refractivity contribution in [2.45, 2.75) is 53.1 Å². The fourth-order valence-corrected chi connectivity index (χ4v) is 2.37. The zero-order valence-corrected chi connectivity index (χ0v) is 14.1. The van der Waals surface area contributed by atoms with Gasteiger partial charge in [0.05, 0.1) is 0 Å². The molecule has 0 fully saturated rings. The van der Waals surface area contributed by atoms with E-state index in [0.717, 1.165) is 13.1 Å². The monoisotopic (exact) mass is 276 g/mol. The van der Waals surface area contributed by atoms with Crippen molar-refractivity contribution in [1.29, 1.82) is 0 Å². The highest BCUT2D eigenvalue weighted by Gasteiger charge is 2.18. The van der Waals surface area contributed by atoms with Crippen LogP contribution in [0, 0.1) is 12.8 Å². The molecule has 2 unspecified atom stereocenters. The van der Waals surface area contributed by atoms with Gasteiger partial charge < -0.3 is 10.2 Å². The van der Waals surface area contributed by atoms with E-state index in [9.17, 15) is 0 Å². The summed E-state index contributed by atoms with van der Waals surface area (Å²) in [6.07, 6.45) is 1.17. The first kappa shape index (κ1) is 17.2. The number of benzene rings is 1. The van der Waals surface area contributed by atoms with Gasteiger partial charge in [0.25, 0.3) is 0 Å². The Bertz CT molecular complexity index is 370. The molecule has 2 heteroatoms. The first-order valence-corrected chi connectivity index (χ1v) is 7.95. The molecule has 0 bridgehead atoms. The minimum Gasteiger partial charge on any atom is -0.309 e. The number of hydrogen-bond donors (Lipinski definition) is 1. The Morgan fingerprint density at radius 1 is 1.10 bits per heavy atom. The molecule has 0 spiro atoms. The molecule has 0 radical (unpaired) electrons. The van der Waals surface area contributed by atoms with Crippen LogP contribution in [0.4, 0.5) is 0 Å². The fourth-order valence-electron chi connectivity index (χ4n) is 2.37. The van der Waals surface area contributed by atoms with Crippen LogP contribution in [0.3, 0.4) is 0 Å². The van der Waals surface area contributed by atoms with Crippen molar-refractivity contribution in [2.24, 2.45) is 5.92 Å². The van der Waals surface area contributed by atoms with Gasteiger partial charge in [0.2, 0.25) is 0 Å². The standard InChI is InChI=1S/C18H32N2/c1-7-12-19-18(13-20(6)16(5)14(2)3)17-10-8-15(4)9-11-17/h8-11,14,16,18-19H,7,12-13H2,1-6H3. The summed E-state index contributed by atoms with van der Waals surface area (Å²) in [6.45, 7) is 13.4. The van der Waals surface area contributed by atoms with Crippen molar-refractivity contribution >= 4 is 0 Å². The number of nitrogens with zero attached hydrogens (tertiary/aromatic N) is 1. The maximum absolute atomic E-state index is 3.69. The zero-order chi connectivity index (χ0) is 15.1. The highest BCUT2D eigenvalue weighted by atomic mass is 15.2. The molecule has 0 aliphatic rings. The van der Waals surface area contributed by atoms with Crippen molar-refractivity contribution in [3.05, 3.63) is 35.4 Å². The van der Waals surface area contributed by atoms with Gasteiger partial charge in [-0.15, -0.1) is 0 Å². The Morgan fingerprint density at radius 2 is 1.70 bits per heavy atom. The average Bonchev–Trinajstić information content (AvgIpc) is 2.43. The molecule has 2 atom stereocenters. The Labute approximate surface area is 125 Å². The SMILES string of the molecule is CCCNC(CN(C)C(C)C(C)C)c1ccc(C)cc1. The number of aryl methyl sites for hydroxylation is 1. The van der Waals surface area contributed by atoms with Crippen LogP contribution in [-0.4, -0.2) is 31.1 Å². The summed E-state index contributed by atoms with van der Waals surface area (Å²) in [5.41, 5.74) is 2.72. The average molecular weight is 276 g/mol. The lowest BCUT2D eigenvalue weighted by atomic mass is 10.0. The predicted octanol–water partition coefficient (Wildman–Crippen LogP) is 4.01. The molecule has 0 aromatic heterocycles. The van der Waals surface area contributed by atoms with Gasteiger partial charge >= 0.3 is 0 Å². The van der Waals surface area contributed by atoms with E-state index >= 15 is 0 Å². The number of rotatable bonds is 8. The fraction of sp³-hybridized carbons (Fsp3) is 0.667. The van der Waals surface area contributed by atoms with Crippen LogP contribution >= 0.6 is 0 Å². The van der Waals surface area contributed by atoms with E-state index < -0.39 is 0 Å². The first-order chi connectivity index (χ1) is 9.45. The Morgan fingerprint density at radius 3 is 2.20 bits per heavy atom. The normalized spacial score (nSPS) is 14.8. The molecule has 2 nitrogen and oxygen atoms in total. The maximum atomic E-state index is 3.69. The van der Waals surface area contributed by atoms with Crippen LogP contribution in [0.5, 0.6) is 0 Å². The van der Waals surface area contributed by atoms with E-state index in [1.54, 1.807) is 0 Å². The van der Waals surface area contributed by atoms with E-state index in [1.165, 1.54) is 17.5 Å². The third kappa shape index (κ3) is 5.26. The summed E-state index contributed by atoms with van der Waals surface area (Å²) in [4.78, 5) is 2.47. The number of likely N-dealkylation sites (N-methyl/N-ethyl adjacent to an activating group) is 1. The van der Waals surface area contributed by atoms with Gasteiger partial charge in [-0.05, 0) is 45.3 Å². The molecule has 0 heterocycles. The predicted molar refractivity (Wildman–Crippen MR) is 89.1 cm³/mol. The molecule has 1 aromatic carbocycles. The van der Waals surface area contributed by atoms with Crippen molar-refractivity contribution in [3.8, 4) is 0 Å². The van der Waals surface area contributed by atoms with Crippen molar-refractivity contribution in [3.63, 3.8) is 0 Å². The van der Waals surface area contributed by atoms with Crippen LogP contribution in [0.1, 0.15) is 51.3 Å². The summed E-state index contributed by atoms with van der Waals surface area (Å²) in [6, 6.07) is 9.96. The molecule has 0 aliphatic heterocycles. The Balaban J connectivity index is 2.76. The summed E-state index contributed by atoms with van der Waals surface area (Å²) in [5, 5.41) is 3.69. The van der Waals surface area contributed by atoms with E-state index in [2.05, 4.69) is 76.1 Å². The lowest BCUT2D eigenvalue weighted by molar-refractivity contribution is 0.188. The Hall–Kier alpha value is -0.860. The number of hydrogen-bond acceptors (Lipinski definition) is 2. The summed E-state index contributed by atoms with van der Waals surface area (Å²) < 4.78 is 0. The van der Waals surface area contributed by atoms with Gasteiger partial charge in [0.1, 0.15) is 0 Å². The van der Waals surface area contributed by atoms with Gasteiger partial charge in [-0.25, -0.2) is 0 Å². The molecule has 0 amide bonds. The number of nitrogens with one attached hydrogen (secondary N) is 1. The van der Waals surface area contributed by atoms with E-state index in [1.807, 2.05) is 0 Å². The second-order valence-corrected chi connectivity index (χ2v) is 6.34. The highest BCUT2D eigenvalue weighted by Crippen LogP contribution is 2.18. The third-order valence-electron chi connectivity index (χ3n) is 4.25. The summed E-state index contributed by atoms with van der Waals surface area (Å²) in [5.74, 6) is 0.685. The second kappa shape index (κ2) is 8.43. The lowest BCUT2D eigenvalue weighted by Gasteiger charge is -2.32. The molecular formula is C18H32N2. The first-order valence-electron chi connectivity index (χ1n) is 7.95. The molecule has 1 rings (SSSR count). The minimum absolute atomic E-state index is 0.418. The second-order valence-electron chi connectivity index (χ2n) is 6.34.